The number of ether oxygens (including phenoxy) is 1. The van der Waals surface area contributed by atoms with Gasteiger partial charge in [0.25, 0.3) is 11.7 Å². The van der Waals surface area contributed by atoms with Crippen LogP contribution in [0.25, 0.3) is 5.76 Å². The Bertz CT molecular complexity index is 1130. The van der Waals surface area contributed by atoms with Crippen LogP contribution in [0, 0.1) is 0 Å². The van der Waals surface area contributed by atoms with E-state index in [1.807, 2.05) is 17.5 Å². The van der Waals surface area contributed by atoms with Gasteiger partial charge in [-0.3, -0.25) is 14.6 Å². The standard InChI is InChI=1S/C22H17BrN2O4S/c1-29-17-5-4-14(11-16(17)23)20(26)18-19(13-6-8-24-9-7-13)25(22(28)21(18)27)12-15-3-2-10-30-15/h2-11,19,26H,12H2,1H3/b20-18-. The summed E-state index contributed by atoms with van der Waals surface area (Å²) in [6.45, 7) is 0.276. The normalized spacial score (nSPS) is 18.1. The van der Waals surface area contributed by atoms with Crippen molar-refractivity contribution in [3.05, 3.63) is 86.3 Å². The predicted molar refractivity (Wildman–Crippen MR) is 117 cm³/mol. The summed E-state index contributed by atoms with van der Waals surface area (Å²) in [4.78, 5) is 32.4. The molecular formula is C22H17BrN2O4S. The number of carbonyl (C=O) groups excluding carboxylic acids is 2. The molecule has 2 aromatic heterocycles. The van der Waals surface area contributed by atoms with Crippen LogP contribution >= 0.6 is 27.3 Å². The molecule has 1 aliphatic rings. The van der Waals surface area contributed by atoms with E-state index in [1.165, 1.54) is 16.2 Å². The highest BCUT2D eigenvalue weighted by Gasteiger charge is 2.46. The molecule has 0 radical (unpaired) electrons. The third-order valence-corrected chi connectivity index (χ3v) is 6.37. The van der Waals surface area contributed by atoms with E-state index in [0.29, 0.717) is 21.3 Å². The van der Waals surface area contributed by atoms with E-state index >= 15 is 0 Å². The predicted octanol–water partition coefficient (Wildman–Crippen LogP) is 4.54. The number of aromatic nitrogens is 1. The number of Topliss-reactive ketones (excluding diaryl/α,β-unsaturated/α-hetero) is 1. The Morgan fingerprint density at radius 2 is 2.00 bits per heavy atom. The molecule has 1 N–H and O–H groups in total. The summed E-state index contributed by atoms with van der Waals surface area (Å²) in [5.74, 6) is -0.986. The molecule has 30 heavy (non-hydrogen) atoms. The quantitative estimate of drug-likeness (QED) is 0.326. The number of pyridine rings is 1. The summed E-state index contributed by atoms with van der Waals surface area (Å²) in [5.41, 5.74) is 1.17. The molecule has 1 atom stereocenters. The van der Waals surface area contributed by atoms with Crippen molar-refractivity contribution in [3.63, 3.8) is 0 Å². The zero-order valence-corrected chi connectivity index (χ0v) is 18.3. The van der Waals surface area contributed by atoms with Gasteiger partial charge in [-0.25, -0.2) is 0 Å². The van der Waals surface area contributed by atoms with Gasteiger partial charge in [-0.1, -0.05) is 6.07 Å². The van der Waals surface area contributed by atoms with Gasteiger partial charge in [-0.05, 0) is 63.3 Å². The highest BCUT2D eigenvalue weighted by molar-refractivity contribution is 9.10. The van der Waals surface area contributed by atoms with Gasteiger partial charge in [-0.2, -0.15) is 0 Å². The Balaban J connectivity index is 1.85. The molecule has 0 aliphatic carbocycles. The van der Waals surface area contributed by atoms with Crippen molar-refractivity contribution in [1.29, 1.82) is 0 Å². The summed E-state index contributed by atoms with van der Waals surface area (Å²) in [6.07, 6.45) is 3.20. The van der Waals surface area contributed by atoms with Gasteiger partial charge in [0.1, 0.15) is 11.5 Å². The SMILES string of the molecule is COc1ccc(/C(O)=C2/C(=O)C(=O)N(Cc3cccs3)C2c2ccncc2)cc1Br. The van der Waals surface area contributed by atoms with Crippen LogP contribution in [0.15, 0.2) is 70.3 Å². The molecular weight excluding hydrogens is 468 g/mol. The number of aliphatic hydroxyl groups is 1. The van der Waals surface area contributed by atoms with Crippen LogP contribution in [-0.4, -0.2) is 33.8 Å². The van der Waals surface area contributed by atoms with Gasteiger partial charge in [0.05, 0.1) is 29.7 Å². The average molecular weight is 485 g/mol. The number of methoxy groups -OCH3 is 1. The van der Waals surface area contributed by atoms with Crippen molar-refractivity contribution in [1.82, 2.24) is 9.88 Å². The molecule has 1 fully saturated rings. The van der Waals surface area contributed by atoms with Crippen LogP contribution in [-0.2, 0) is 16.1 Å². The summed E-state index contributed by atoms with van der Waals surface area (Å²) in [5, 5.41) is 13.0. The third kappa shape index (κ3) is 3.64. The highest BCUT2D eigenvalue weighted by Crippen LogP contribution is 2.41. The Hall–Kier alpha value is -2.97. The molecule has 1 unspecified atom stereocenters. The number of rotatable bonds is 5. The van der Waals surface area contributed by atoms with Gasteiger partial charge < -0.3 is 14.7 Å². The monoisotopic (exact) mass is 484 g/mol. The number of aliphatic hydroxyl groups excluding tert-OH is 1. The van der Waals surface area contributed by atoms with E-state index < -0.39 is 17.7 Å². The molecule has 0 saturated carbocycles. The number of amides is 1. The number of nitrogens with zero attached hydrogens (tertiary/aromatic N) is 2. The van der Waals surface area contributed by atoms with Gasteiger partial charge in [0.2, 0.25) is 0 Å². The van der Waals surface area contributed by atoms with E-state index in [9.17, 15) is 14.7 Å². The lowest BCUT2D eigenvalue weighted by Gasteiger charge is -2.24. The van der Waals surface area contributed by atoms with Crippen LogP contribution in [0.4, 0.5) is 0 Å². The fraction of sp³-hybridized carbons (Fsp3) is 0.136. The van der Waals surface area contributed by atoms with Gasteiger partial charge in [0, 0.05) is 22.8 Å². The van der Waals surface area contributed by atoms with Crippen LogP contribution in [0.2, 0.25) is 0 Å². The van der Waals surface area contributed by atoms with E-state index in [2.05, 4.69) is 20.9 Å². The maximum atomic E-state index is 13.0. The molecule has 1 saturated heterocycles. The number of carbonyl (C=O) groups is 2. The number of likely N-dealkylation sites (tertiary alicyclic amines) is 1. The molecule has 6 nitrogen and oxygen atoms in total. The number of benzene rings is 1. The number of ketones is 1. The number of thiophene rings is 1. The van der Waals surface area contributed by atoms with E-state index in [4.69, 9.17) is 4.74 Å². The molecule has 1 amide bonds. The van der Waals surface area contributed by atoms with Crippen LogP contribution in [0.3, 0.4) is 0 Å². The lowest BCUT2D eigenvalue weighted by Crippen LogP contribution is -2.28. The molecule has 0 bridgehead atoms. The van der Waals surface area contributed by atoms with E-state index in [-0.39, 0.29) is 17.9 Å². The van der Waals surface area contributed by atoms with Gasteiger partial charge in [-0.15, -0.1) is 11.3 Å². The lowest BCUT2D eigenvalue weighted by molar-refractivity contribution is -0.140. The first-order valence-corrected chi connectivity index (χ1v) is 10.7. The average Bonchev–Trinajstić information content (AvgIpc) is 3.36. The van der Waals surface area contributed by atoms with Crippen molar-refractivity contribution in [2.75, 3.05) is 7.11 Å². The molecule has 1 aliphatic heterocycles. The van der Waals surface area contributed by atoms with E-state index in [1.54, 1.807) is 49.8 Å². The molecule has 8 heteroatoms. The summed E-state index contributed by atoms with van der Waals surface area (Å²) < 4.78 is 5.86. The molecule has 1 aromatic carbocycles. The second-order valence-electron chi connectivity index (χ2n) is 6.64. The molecule has 3 aromatic rings. The minimum Gasteiger partial charge on any atom is -0.507 e. The van der Waals surface area contributed by atoms with Crippen LogP contribution in [0.1, 0.15) is 22.0 Å². The topological polar surface area (TPSA) is 79.7 Å². The van der Waals surface area contributed by atoms with Gasteiger partial charge >= 0.3 is 0 Å². The first kappa shape index (κ1) is 20.3. The Morgan fingerprint density at radius 3 is 2.63 bits per heavy atom. The fourth-order valence-corrected chi connectivity index (χ4v) is 4.72. The fourth-order valence-electron chi connectivity index (χ4n) is 3.47. The Kier molecular flexibility index (Phi) is 5.69. The minimum atomic E-state index is -0.712. The van der Waals surface area contributed by atoms with Gasteiger partial charge in [0.15, 0.2) is 0 Å². The van der Waals surface area contributed by atoms with Crippen molar-refractivity contribution >= 4 is 44.7 Å². The second kappa shape index (κ2) is 8.41. The van der Waals surface area contributed by atoms with Crippen molar-refractivity contribution < 1.29 is 19.4 Å². The zero-order chi connectivity index (χ0) is 21.3. The van der Waals surface area contributed by atoms with Crippen molar-refractivity contribution in [2.24, 2.45) is 0 Å². The Labute approximate surface area is 185 Å². The molecule has 3 heterocycles. The first-order chi connectivity index (χ1) is 14.5. The highest BCUT2D eigenvalue weighted by atomic mass is 79.9. The smallest absolute Gasteiger partial charge is 0.295 e. The van der Waals surface area contributed by atoms with Crippen molar-refractivity contribution in [2.45, 2.75) is 12.6 Å². The summed E-state index contributed by atoms with van der Waals surface area (Å²) in [6, 6.07) is 11.6. The van der Waals surface area contributed by atoms with Crippen molar-refractivity contribution in [3.8, 4) is 5.75 Å². The second-order valence-corrected chi connectivity index (χ2v) is 8.52. The summed E-state index contributed by atoms with van der Waals surface area (Å²) >= 11 is 4.90. The number of hydrogen-bond acceptors (Lipinski definition) is 6. The van der Waals surface area contributed by atoms with Crippen LogP contribution in [0.5, 0.6) is 5.75 Å². The van der Waals surface area contributed by atoms with E-state index in [0.717, 1.165) is 4.88 Å². The molecule has 152 valence electrons. The number of halogens is 1. The molecule has 0 spiro atoms. The molecule has 4 rings (SSSR count). The Morgan fingerprint density at radius 1 is 1.23 bits per heavy atom. The lowest BCUT2D eigenvalue weighted by atomic mass is 9.96. The third-order valence-electron chi connectivity index (χ3n) is 4.89. The summed E-state index contributed by atoms with van der Waals surface area (Å²) in [7, 11) is 1.54. The number of hydrogen-bond donors (Lipinski definition) is 1. The first-order valence-electron chi connectivity index (χ1n) is 9.06. The zero-order valence-electron chi connectivity index (χ0n) is 15.9. The maximum absolute atomic E-state index is 13.0. The largest absolute Gasteiger partial charge is 0.507 e. The maximum Gasteiger partial charge on any atom is 0.295 e. The van der Waals surface area contributed by atoms with Crippen LogP contribution < -0.4 is 4.74 Å². The minimum absolute atomic E-state index is 0.0554.